The summed E-state index contributed by atoms with van der Waals surface area (Å²) in [7, 11) is 4.10. The van der Waals surface area contributed by atoms with E-state index in [0.717, 1.165) is 24.1 Å². The highest BCUT2D eigenvalue weighted by molar-refractivity contribution is 5.94. The monoisotopic (exact) mass is 313 g/mol. The third-order valence-electron chi connectivity index (χ3n) is 4.93. The lowest BCUT2D eigenvalue weighted by molar-refractivity contribution is 0.0999. The van der Waals surface area contributed by atoms with Crippen LogP contribution in [0.25, 0.3) is 11.0 Å². The van der Waals surface area contributed by atoms with Gasteiger partial charge in [0.15, 0.2) is 11.6 Å². The number of benzene rings is 1. The summed E-state index contributed by atoms with van der Waals surface area (Å²) in [6.45, 7) is 3.30. The van der Waals surface area contributed by atoms with Gasteiger partial charge in [-0.25, -0.2) is 4.98 Å². The van der Waals surface area contributed by atoms with Gasteiger partial charge in [-0.15, -0.1) is 0 Å². The Morgan fingerprint density at radius 1 is 1.26 bits per heavy atom. The molecule has 1 aliphatic carbocycles. The quantitative estimate of drug-likeness (QED) is 0.787. The normalized spacial score (nSPS) is 16.3. The number of imidazole rings is 1. The average Bonchev–Trinajstić information content (AvgIpc) is 2.91. The van der Waals surface area contributed by atoms with Crippen LogP contribution in [0.15, 0.2) is 18.2 Å². The summed E-state index contributed by atoms with van der Waals surface area (Å²) in [5.41, 5.74) is 3.44. The number of likely N-dealkylation sites (N-methyl/N-ethyl adjacent to an activating group) is 1. The Morgan fingerprint density at radius 3 is 2.65 bits per heavy atom. The fraction of sp³-hybridized carbons (Fsp3) is 0.579. The zero-order valence-corrected chi connectivity index (χ0v) is 14.5. The molecule has 0 radical (unpaired) electrons. The van der Waals surface area contributed by atoms with Crippen molar-refractivity contribution in [1.29, 1.82) is 0 Å². The van der Waals surface area contributed by atoms with Gasteiger partial charge in [0.25, 0.3) is 0 Å². The fourth-order valence-corrected chi connectivity index (χ4v) is 3.63. The third-order valence-corrected chi connectivity index (χ3v) is 4.93. The molecular formula is C19H27N3O. The van der Waals surface area contributed by atoms with Crippen LogP contribution in [-0.2, 0) is 6.54 Å². The van der Waals surface area contributed by atoms with Crippen LogP contribution in [0.4, 0.5) is 0 Å². The fourth-order valence-electron chi connectivity index (χ4n) is 3.63. The van der Waals surface area contributed by atoms with E-state index < -0.39 is 0 Å². The van der Waals surface area contributed by atoms with Crippen LogP contribution in [0.5, 0.6) is 0 Å². The summed E-state index contributed by atoms with van der Waals surface area (Å²) < 4.78 is 2.07. The zero-order chi connectivity index (χ0) is 16.4. The second-order valence-corrected chi connectivity index (χ2v) is 7.03. The number of hydrogen-bond acceptors (Lipinski definition) is 3. The molecule has 0 amide bonds. The first kappa shape index (κ1) is 16.2. The van der Waals surface area contributed by atoms with Crippen LogP contribution >= 0.6 is 0 Å². The maximum absolute atomic E-state index is 12.0. The molecule has 0 unspecified atom stereocenters. The third kappa shape index (κ3) is 3.47. The van der Waals surface area contributed by atoms with Crippen molar-refractivity contribution in [2.45, 2.75) is 51.5 Å². The van der Waals surface area contributed by atoms with Gasteiger partial charge in [-0.3, -0.25) is 4.79 Å². The number of fused-ring (bicyclic) bond motifs is 1. The molecule has 0 bridgehead atoms. The first-order valence-electron chi connectivity index (χ1n) is 8.72. The summed E-state index contributed by atoms with van der Waals surface area (Å²) >= 11 is 0. The van der Waals surface area contributed by atoms with Gasteiger partial charge < -0.3 is 9.47 Å². The molecule has 1 aliphatic rings. The summed E-state index contributed by atoms with van der Waals surface area (Å²) in [6.07, 6.45) is 6.60. The number of carbonyl (C=O) groups excluding carboxylic acids is 1. The largest absolute Gasteiger partial charge is 0.320 e. The molecule has 0 atom stereocenters. The van der Waals surface area contributed by atoms with E-state index in [1.165, 1.54) is 37.7 Å². The van der Waals surface area contributed by atoms with Crippen molar-refractivity contribution >= 4 is 16.8 Å². The van der Waals surface area contributed by atoms with Crippen molar-refractivity contribution < 1.29 is 4.79 Å². The first-order valence-corrected chi connectivity index (χ1v) is 8.72. The zero-order valence-electron chi connectivity index (χ0n) is 14.5. The van der Waals surface area contributed by atoms with E-state index >= 15 is 0 Å². The standard InChI is InChI=1S/C19H27N3O/c1-14(23)19-20-17-13-16(15-7-5-4-6-8-15)9-10-18(17)22(19)12-11-21(2)3/h9-10,13,15H,4-8,11-12H2,1-3H3. The Kier molecular flexibility index (Phi) is 4.81. The van der Waals surface area contributed by atoms with Gasteiger partial charge in [0, 0.05) is 20.0 Å². The number of hydrogen-bond donors (Lipinski definition) is 0. The minimum Gasteiger partial charge on any atom is -0.320 e. The summed E-state index contributed by atoms with van der Waals surface area (Å²) in [5, 5.41) is 0. The molecular weight excluding hydrogens is 286 g/mol. The number of ketones is 1. The summed E-state index contributed by atoms with van der Waals surface area (Å²) in [5.74, 6) is 1.29. The van der Waals surface area contributed by atoms with Crippen molar-refractivity contribution in [3.05, 3.63) is 29.6 Å². The van der Waals surface area contributed by atoms with Crippen LogP contribution < -0.4 is 0 Å². The van der Waals surface area contributed by atoms with Crippen molar-refractivity contribution in [2.24, 2.45) is 0 Å². The molecule has 23 heavy (non-hydrogen) atoms. The van der Waals surface area contributed by atoms with E-state index in [4.69, 9.17) is 0 Å². The lowest BCUT2D eigenvalue weighted by atomic mass is 9.84. The van der Waals surface area contributed by atoms with Gasteiger partial charge >= 0.3 is 0 Å². The molecule has 0 aliphatic heterocycles. The average molecular weight is 313 g/mol. The van der Waals surface area contributed by atoms with E-state index in [1.54, 1.807) is 6.92 Å². The predicted octanol–water partition coefficient (Wildman–Crippen LogP) is 3.85. The van der Waals surface area contributed by atoms with E-state index in [-0.39, 0.29) is 5.78 Å². The van der Waals surface area contributed by atoms with Crippen molar-refractivity contribution in [3.8, 4) is 0 Å². The minimum absolute atomic E-state index is 0.0409. The Hall–Kier alpha value is -1.68. The minimum atomic E-state index is 0.0409. The summed E-state index contributed by atoms with van der Waals surface area (Å²) in [4.78, 5) is 18.7. The van der Waals surface area contributed by atoms with Gasteiger partial charge in [-0.2, -0.15) is 0 Å². The highest BCUT2D eigenvalue weighted by Gasteiger charge is 2.19. The molecule has 0 saturated heterocycles. The van der Waals surface area contributed by atoms with Gasteiger partial charge in [-0.1, -0.05) is 25.3 Å². The molecule has 2 aromatic rings. The Balaban J connectivity index is 1.97. The lowest BCUT2D eigenvalue weighted by Crippen LogP contribution is -2.20. The van der Waals surface area contributed by atoms with Crippen molar-refractivity contribution in [3.63, 3.8) is 0 Å². The molecule has 1 fully saturated rings. The topological polar surface area (TPSA) is 38.1 Å². The van der Waals surface area contributed by atoms with E-state index in [0.29, 0.717) is 11.7 Å². The second kappa shape index (κ2) is 6.83. The van der Waals surface area contributed by atoms with Gasteiger partial charge in [-0.05, 0) is 50.6 Å². The number of aromatic nitrogens is 2. The maximum atomic E-state index is 12.0. The smallest absolute Gasteiger partial charge is 0.195 e. The van der Waals surface area contributed by atoms with Gasteiger partial charge in [0.1, 0.15) is 0 Å². The first-order chi connectivity index (χ1) is 11.1. The van der Waals surface area contributed by atoms with Crippen molar-refractivity contribution in [1.82, 2.24) is 14.5 Å². The molecule has 0 spiro atoms. The molecule has 124 valence electrons. The molecule has 1 saturated carbocycles. The number of nitrogens with zero attached hydrogens (tertiary/aromatic N) is 3. The van der Waals surface area contributed by atoms with Crippen LogP contribution in [0.1, 0.15) is 61.1 Å². The second-order valence-electron chi connectivity index (χ2n) is 7.03. The number of Topliss-reactive ketones (excluding diaryl/α,β-unsaturated/α-hetero) is 1. The molecule has 3 rings (SSSR count). The van der Waals surface area contributed by atoms with E-state index in [1.807, 2.05) is 14.1 Å². The SMILES string of the molecule is CC(=O)c1nc2cc(C3CCCCC3)ccc2n1CCN(C)C. The van der Waals surface area contributed by atoms with E-state index in [9.17, 15) is 4.79 Å². The Morgan fingerprint density at radius 2 is 2.00 bits per heavy atom. The molecule has 4 nitrogen and oxygen atoms in total. The molecule has 1 heterocycles. The lowest BCUT2D eigenvalue weighted by Gasteiger charge is -2.21. The molecule has 1 aromatic heterocycles. The van der Waals surface area contributed by atoms with Crippen molar-refractivity contribution in [2.75, 3.05) is 20.6 Å². The van der Waals surface area contributed by atoms with Crippen LogP contribution in [0, 0.1) is 0 Å². The van der Waals surface area contributed by atoms with Crippen LogP contribution in [0.3, 0.4) is 0 Å². The molecule has 1 aromatic carbocycles. The van der Waals surface area contributed by atoms with E-state index in [2.05, 4.69) is 32.7 Å². The van der Waals surface area contributed by atoms with Crippen LogP contribution in [0.2, 0.25) is 0 Å². The number of carbonyl (C=O) groups is 1. The predicted molar refractivity (Wildman–Crippen MR) is 94.1 cm³/mol. The Labute approximate surface area is 138 Å². The van der Waals surface area contributed by atoms with Gasteiger partial charge in [0.05, 0.1) is 11.0 Å². The highest BCUT2D eigenvalue weighted by Crippen LogP contribution is 2.34. The highest BCUT2D eigenvalue weighted by atomic mass is 16.1. The van der Waals surface area contributed by atoms with Gasteiger partial charge in [0.2, 0.25) is 0 Å². The van der Waals surface area contributed by atoms with Crippen LogP contribution in [-0.4, -0.2) is 40.9 Å². The maximum Gasteiger partial charge on any atom is 0.195 e. The number of rotatable bonds is 5. The Bertz CT molecular complexity index is 696. The summed E-state index contributed by atoms with van der Waals surface area (Å²) in [6, 6.07) is 6.62. The molecule has 0 N–H and O–H groups in total. The molecule has 4 heteroatoms.